The molecule has 2 heterocycles. The van der Waals surface area contributed by atoms with E-state index in [4.69, 9.17) is 5.11 Å². The van der Waals surface area contributed by atoms with Crippen LogP contribution in [-0.2, 0) is 0 Å². The second kappa shape index (κ2) is 6.47. The number of aliphatic hydroxyl groups excluding tert-OH is 1. The van der Waals surface area contributed by atoms with Gasteiger partial charge < -0.3 is 10.4 Å². The van der Waals surface area contributed by atoms with Crippen molar-refractivity contribution in [3.8, 4) is 0 Å². The van der Waals surface area contributed by atoms with Crippen molar-refractivity contribution in [1.29, 1.82) is 0 Å². The summed E-state index contributed by atoms with van der Waals surface area (Å²) < 4.78 is 0. The van der Waals surface area contributed by atoms with E-state index in [-0.39, 0.29) is 6.61 Å². The van der Waals surface area contributed by atoms with E-state index in [1.54, 1.807) is 0 Å². The maximum absolute atomic E-state index is 8.94. The fourth-order valence-corrected chi connectivity index (χ4v) is 2.73. The first-order valence-electron chi connectivity index (χ1n) is 7.71. The highest BCUT2D eigenvalue weighted by atomic mass is 16.3. The molecule has 7 heteroatoms. The number of rotatable bonds is 3. The number of benzene rings is 1. The lowest BCUT2D eigenvalue weighted by Gasteiger charge is -2.26. The summed E-state index contributed by atoms with van der Waals surface area (Å²) in [5, 5.41) is 16.3. The SMILES string of the molecule is Cc1cc(C)c2nc(NC3=NCN(CCO)CN3)nc(C)c2c1. The molecule has 0 fully saturated rings. The zero-order valence-electron chi connectivity index (χ0n) is 13.7. The first kappa shape index (κ1) is 15.6. The highest BCUT2D eigenvalue weighted by molar-refractivity contribution is 5.94. The maximum atomic E-state index is 8.94. The number of aliphatic hydroxyl groups is 1. The summed E-state index contributed by atoms with van der Waals surface area (Å²) in [6.45, 7) is 8.05. The van der Waals surface area contributed by atoms with Crippen molar-refractivity contribution >= 4 is 22.8 Å². The predicted octanol–water partition coefficient (Wildman–Crippen LogP) is 1.14. The fourth-order valence-electron chi connectivity index (χ4n) is 2.73. The standard InChI is InChI=1S/C16H22N6O/c1-10-6-11(2)14-13(7-10)12(3)19-16(20-14)21-15-17-8-22(4-5-23)9-18-15/h6-7,23H,4-5,8-9H2,1-3H3,(H2,17,18,19,20,21). The molecule has 1 aliphatic heterocycles. The number of nitrogens with one attached hydrogen (secondary N) is 2. The second-order valence-electron chi connectivity index (χ2n) is 5.84. The molecular weight excluding hydrogens is 292 g/mol. The van der Waals surface area contributed by atoms with E-state index in [2.05, 4.69) is 51.6 Å². The molecule has 3 rings (SSSR count). The molecule has 23 heavy (non-hydrogen) atoms. The first-order valence-corrected chi connectivity index (χ1v) is 7.71. The third kappa shape index (κ3) is 3.40. The summed E-state index contributed by atoms with van der Waals surface area (Å²) in [6.07, 6.45) is 0. The topological polar surface area (TPSA) is 85.7 Å². The van der Waals surface area contributed by atoms with E-state index in [1.165, 1.54) is 5.56 Å². The molecule has 122 valence electrons. The lowest BCUT2D eigenvalue weighted by molar-refractivity contribution is 0.191. The van der Waals surface area contributed by atoms with Crippen molar-refractivity contribution in [1.82, 2.24) is 20.2 Å². The van der Waals surface area contributed by atoms with Gasteiger partial charge in [-0.05, 0) is 32.4 Å². The number of guanidine groups is 1. The van der Waals surface area contributed by atoms with E-state index in [9.17, 15) is 0 Å². The van der Waals surface area contributed by atoms with Gasteiger partial charge in [0.25, 0.3) is 0 Å². The van der Waals surface area contributed by atoms with Gasteiger partial charge in [-0.2, -0.15) is 0 Å². The minimum Gasteiger partial charge on any atom is -0.395 e. The molecule has 0 atom stereocenters. The smallest absolute Gasteiger partial charge is 0.230 e. The van der Waals surface area contributed by atoms with Gasteiger partial charge in [0.15, 0.2) is 0 Å². The zero-order chi connectivity index (χ0) is 16.4. The number of aryl methyl sites for hydroxylation is 3. The molecule has 0 aliphatic carbocycles. The summed E-state index contributed by atoms with van der Waals surface area (Å²) >= 11 is 0. The Morgan fingerprint density at radius 2 is 2.09 bits per heavy atom. The summed E-state index contributed by atoms with van der Waals surface area (Å²) in [6, 6.07) is 4.24. The number of anilines is 1. The van der Waals surface area contributed by atoms with Crippen molar-refractivity contribution in [3.63, 3.8) is 0 Å². The highest BCUT2D eigenvalue weighted by Crippen LogP contribution is 2.22. The number of hydrogen-bond acceptors (Lipinski definition) is 7. The number of β-amino-alcohol motifs (C(OH)–C–C–N with tert-alkyl or cyclic N) is 1. The molecule has 1 aromatic carbocycles. The second-order valence-corrected chi connectivity index (χ2v) is 5.84. The Kier molecular flexibility index (Phi) is 4.40. The zero-order valence-corrected chi connectivity index (χ0v) is 13.7. The number of nitrogens with zero attached hydrogens (tertiary/aromatic N) is 4. The molecule has 3 N–H and O–H groups in total. The van der Waals surface area contributed by atoms with Gasteiger partial charge in [-0.15, -0.1) is 0 Å². The molecule has 2 aromatic rings. The largest absolute Gasteiger partial charge is 0.395 e. The molecule has 0 unspecified atom stereocenters. The molecule has 0 amide bonds. The Labute approximate surface area is 135 Å². The Morgan fingerprint density at radius 1 is 1.26 bits per heavy atom. The van der Waals surface area contributed by atoms with Gasteiger partial charge in [0.05, 0.1) is 31.2 Å². The van der Waals surface area contributed by atoms with Gasteiger partial charge in [0, 0.05) is 11.9 Å². The summed E-state index contributed by atoms with van der Waals surface area (Å²) in [7, 11) is 0. The number of aliphatic imine (C=N–C) groups is 1. The Balaban J connectivity index is 1.84. The van der Waals surface area contributed by atoms with E-state index in [0.717, 1.165) is 22.2 Å². The van der Waals surface area contributed by atoms with Gasteiger partial charge in [-0.3, -0.25) is 10.2 Å². The molecule has 0 spiro atoms. The van der Waals surface area contributed by atoms with Crippen LogP contribution in [-0.4, -0.2) is 52.4 Å². The van der Waals surface area contributed by atoms with Crippen LogP contribution in [0.5, 0.6) is 0 Å². The number of aromatic nitrogens is 2. The quantitative estimate of drug-likeness (QED) is 0.787. The van der Waals surface area contributed by atoms with Gasteiger partial charge in [-0.1, -0.05) is 11.6 Å². The molecule has 0 saturated carbocycles. The molecular formula is C16H22N6O. The lowest BCUT2D eigenvalue weighted by Crippen LogP contribution is -2.46. The van der Waals surface area contributed by atoms with Crippen LogP contribution >= 0.6 is 0 Å². The van der Waals surface area contributed by atoms with Crippen LogP contribution in [0.2, 0.25) is 0 Å². The Bertz CT molecular complexity index is 758. The van der Waals surface area contributed by atoms with E-state index < -0.39 is 0 Å². The average molecular weight is 314 g/mol. The van der Waals surface area contributed by atoms with Gasteiger partial charge in [0.2, 0.25) is 11.9 Å². The minimum absolute atomic E-state index is 0.131. The summed E-state index contributed by atoms with van der Waals surface area (Å²) in [5.41, 5.74) is 4.26. The van der Waals surface area contributed by atoms with Crippen LogP contribution < -0.4 is 10.6 Å². The van der Waals surface area contributed by atoms with Crippen molar-refractivity contribution < 1.29 is 5.11 Å². The highest BCUT2D eigenvalue weighted by Gasteiger charge is 2.13. The van der Waals surface area contributed by atoms with Crippen molar-refractivity contribution in [2.24, 2.45) is 4.99 Å². The molecule has 0 radical (unpaired) electrons. The van der Waals surface area contributed by atoms with Gasteiger partial charge in [0.1, 0.15) is 0 Å². The molecule has 1 aliphatic rings. The summed E-state index contributed by atoms with van der Waals surface area (Å²) in [4.78, 5) is 15.6. The number of hydrogen-bond donors (Lipinski definition) is 3. The van der Waals surface area contributed by atoms with E-state index >= 15 is 0 Å². The van der Waals surface area contributed by atoms with Crippen LogP contribution in [0.4, 0.5) is 5.95 Å². The van der Waals surface area contributed by atoms with Crippen LogP contribution in [0.25, 0.3) is 10.9 Å². The number of fused-ring (bicyclic) bond motifs is 1. The molecule has 0 bridgehead atoms. The molecule has 7 nitrogen and oxygen atoms in total. The lowest BCUT2D eigenvalue weighted by atomic mass is 10.1. The first-order chi connectivity index (χ1) is 11.1. The van der Waals surface area contributed by atoms with Crippen LogP contribution in [0.15, 0.2) is 17.1 Å². The van der Waals surface area contributed by atoms with Crippen LogP contribution in [0, 0.1) is 20.8 Å². The predicted molar refractivity (Wildman–Crippen MR) is 91.5 cm³/mol. The van der Waals surface area contributed by atoms with E-state index in [0.29, 0.717) is 31.8 Å². The third-order valence-corrected chi connectivity index (χ3v) is 3.87. The maximum Gasteiger partial charge on any atom is 0.230 e. The fraction of sp³-hybridized carbons (Fsp3) is 0.438. The Hall–Kier alpha value is -2.25. The third-order valence-electron chi connectivity index (χ3n) is 3.87. The van der Waals surface area contributed by atoms with Crippen LogP contribution in [0.1, 0.15) is 16.8 Å². The van der Waals surface area contributed by atoms with Crippen molar-refractivity contribution in [2.45, 2.75) is 20.8 Å². The van der Waals surface area contributed by atoms with Crippen molar-refractivity contribution in [3.05, 3.63) is 29.0 Å². The Morgan fingerprint density at radius 3 is 2.78 bits per heavy atom. The normalized spacial score (nSPS) is 15.4. The monoisotopic (exact) mass is 314 g/mol. The summed E-state index contributed by atoms with van der Waals surface area (Å²) in [5.74, 6) is 1.20. The van der Waals surface area contributed by atoms with Gasteiger partial charge >= 0.3 is 0 Å². The molecule has 1 aromatic heterocycles. The van der Waals surface area contributed by atoms with Crippen molar-refractivity contribution in [2.75, 3.05) is 31.8 Å². The molecule has 0 saturated heterocycles. The average Bonchev–Trinajstić information content (AvgIpc) is 2.51. The van der Waals surface area contributed by atoms with Gasteiger partial charge in [-0.25, -0.2) is 15.0 Å². The van der Waals surface area contributed by atoms with E-state index in [1.807, 2.05) is 11.8 Å². The van der Waals surface area contributed by atoms with Crippen LogP contribution in [0.3, 0.4) is 0 Å². The minimum atomic E-state index is 0.131.